The van der Waals surface area contributed by atoms with Gasteiger partial charge in [0.25, 0.3) is 0 Å². The van der Waals surface area contributed by atoms with E-state index < -0.39 is 11.7 Å². The molecule has 0 fully saturated rings. The van der Waals surface area contributed by atoms with Gasteiger partial charge in [-0.2, -0.15) is 0 Å². The van der Waals surface area contributed by atoms with Crippen molar-refractivity contribution in [1.29, 1.82) is 0 Å². The lowest BCUT2D eigenvalue weighted by molar-refractivity contribution is 0.0528. The van der Waals surface area contributed by atoms with E-state index >= 15 is 0 Å². The normalized spacial score (nSPS) is 10.9. The molecule has 5 heteroatoms. The molecule has 5 nitrogen and oxygen atoms in total. The van der Waals surface area contributed by atoms with Crippen molar-refractivity contribution in [2.24, 2.45) is 0 Å². The third-order valence-corrected chi connectivity index (χ3v) is 2.86. The third-order valence-electron chi connectivity index (χ3n) is 2.86. The molecule has 1 amide bonds. The number of aryl methyl sites for hydroxylation is 1. The van der Waals surface area contributed by atoms with Gasteiger partial charge in [-0.05, 0) is 51.3 Å². The van der Waals surface area contributed by atoms with Crippen molar-refractivity contribution >= 4 is 12.4 Å². The van der Waals surface area contributed by atoms with Gasteiger partial charge in [-0.25, -0.2) is 4.79 Å². The summed E-state index contributed by atoms with van der Waals surface area (Å²) in [6, 6.07) is 3.62. The molecular formula is C16H23NO4. The molecule has 1 aromatic rings. The quantitative estimate of drug-likeness (QED) is 0.848. The lowest BCUT2D eigenvalue weighted by Gasteiger charge is -2.19. The van der Waals surface area contributed by atoms with Gasteiger partial charge in [0.1, 0.15) is 17.6 Å². The summed E-state index contributed by atoms with van der Waals surface area (Å²) in [7, 11) is 1.56. The molecule has 1 N–H and O–H groups in total. The topological polar surface area (TPSA) is 64.6 Å². The number of carbonyl (C=O) groups excluding carboxylic acids is 2. The lowest BCUT2D eigenvalue weighted by atomic mass is 10.0. The number of amides is 1. The maximum absolute atomic E-state index is 11.6. The molecule has 0 aliphatic rings. The van der Waals surface area contributed by atoms with E-state index in [0.717, 1.165) is 17.4 Å². The van der Waals surface area contributed by atoms with Gasteiger partial charge in [0.15, 0.2) is 0 Å². The van der Waals surface area contributed by atoms with Crippen molar-refractivity contribution in [1.82, 2.24) is 5.32 Å². The Morgan fingerprint density at radius 2 is 2.00 bits per heavy atom. The van der Waals surface area contributed by atoms with Crippen molar-refractivity contribution in [2.45, 2.75) is 39.7 Å². The van der Waals surface area contributed by atoms with Crippen LogP contribution in [0.25, 0.3) is 0 Å². The first-order chi connectivity index (χ1) is 9.76. The van der Waals surface area contributed by atoms with Crippen molar-refractivity contribution in [3.05, 3.63) is 28.8 Å². The van der Waals surface area contributed by atoms with Crippen LogP contribution in [-0.2, 0) is 11.2 Å². The molecule has 0 heterocycles. The van der Waals surface area contributed by atoms with Crippen molar-refractivity contribution in [2.75, 3.05) is 13.7 Å². The molecule has 0 bridgehead atoms. The van der Waals surface area contributed by atoms with Gasteiger partial charge in [0, 0.05) is 12.1 Å². The number of nitrogens with one attached hydrogen (secondary N) is 1. The lowest BCUT2D eigenvalue weighted by Crippen LogP contribution is -2.33. The fourth-order valence-electron chi connectivity index (χ4n) is 1.89. The van der Waals surface area contributed by atoms with E-state index in [1.807, 2.05) is 33.8 Å². The van der Waals surface area contributed by atoms with Crippen LogP contribution in [0.3, 0.4) is 0 Å². The van der Waals surface area contributed by atoms with E-state index in [1.54, 1.807) is 13.2 Å². The molecule has 1 rings (SSSR count). The number of benzene rings is 1. The van der Waals surface area contributed by atoms with Gasteiger partial charge >= 0.3 is 6.09 Å². The first kappa shape index (κ1) is 17.0. The Morgan fingerprint density at radius 3 is 2.52 bits per heavy atom. The van der Waals surface area contributed by atoms with Gasteiger partial charge in [-0.1, -0.05) is 6.07 Å². The van der Waals surface area contributed by atoms with E-state index in [4.69, 9.17) is 9.47 Å². The Kier molecular flexibility index (Phi) is 5.76. The van der Waals surface area contributed by atoms with Gasteiger partial charge in [0.05, 0.1) is 7.11 Å². The minimum absolute atomic E-state index is 0.436. The summed E-state index contributed by atoms with van der Waals surface area (Å²) in [6.45, 7) is 7.75. The second kappa shape index (κ2) is 7.11. The van der Waals surface area contributed by atoms with Crippen LogP contribution in [-0.4, -0.2) is 31.6 Å². The molecule has 0 saturated heterocycles. The molecule has 116 valence electrons. The number of hydrogen-bond acceptors (Lipinski definition) is 4. The summed E-state index contributed by atoms with van der Waals surface area (Å²) in [5.74, 6) is 0.647. The largest absolute Gasteiger partial charge is 0.496 e. The van der Waals surface area contributed by atoms with Crippen LogP contribution in [0.4, 0.5) is 4.79 Å². The zero-order valence-electron chi connectivity index (χ0n) is 13.3. The van der Waals surface area contributed by atoms with Crippen LogP contribution in [0.2, 0.25) is 0 Å². The Morgan fingerprint density at radius 1 is 1.33 bits per heavy atom. The van der Waals surface area contributed by atoms with Gasteiger partial charge < -0.3 is 14.8 Å². The summed E-state index contributed by atoms with van der Waals surface area (Å²) in [6.07, 6.45) is 0.964. The summed E-state index contributed by atoms with van der Waals surface area (Å²) >= 11 is 0. The average Bonchev–Trinajstić information content (AvgIpc) is 2.37. The zero-order chi connectivity index (χ0) is 16.0. The van der Waals surface area contributed by atoms with Crippen LogP contribution in [0.1, 0.15) is 42.3 Å². The van der Waals surface area contributed by atoms with Crippen LogP contribution in [0, 0.1) is 6.92 Å². The van der Waals surface area contributed by atoms with E-state index in [0.29, 0.717) is 24.3 Å². The monoisotopic (exact) mass is 293 g/mol. The molecule has 0 aliphatic heterocycles. The van der Waals surface area contributed by atoms with E-state index in [2.05, 4.69) is 5.32 Å². The van der Waals surface area contributed by atoms with Crippen molar-refractivity contribution in [3.8, 4) is 5.75 Å². The summed E-state index contributed by atoms with van der Waals surface area (Å²) in [5.41, 5.74) is 1.93. The summed E-state index contributed by atoms with van der Waals surface area (Å²) < 4.78 is 10.4. The SMILES string of the molecule is COc1cc(C=O)c(C)cc1CCNC(=O)OC(C)(C)C. The second-order valence-corrected chi connectivity index (χ2v) is 5.82. The molecule has 0 unspecified atom stereocenters. The molecule has 0 radical (unpaired) electrons. The molecule has 21 heavy (non-hydrogen) atoms. The van der Waals surface area contributed by atoms with Gasteiger partial charge in [0.2, 0.25) is 0 Å². The summed E-state index contributed by atoms with van der Waals surface area (Å²) in [4.78, 5) is 22.5. The highest BCUT2D eigenvalue weighted by molar-refractivity contribution is 5.78. The third kappa shape index (κ3) is 5.45. The summed E-state index contributed by atoms with van der Waals surface area (Å²) in [5, 5.41) is 2.70. The molecular weight excluding hydrogens is 270 g/mol. The van der Waals surface area contributed by atoms with Crippen molar-refractivity contribution in [3.63, 3.8) is 0 Å². The standard InChI is InChI=1S/C16H23NO4/c1-11-8-12(14(20-5)9-13(11)10-18)6-7-17-15(19)21-16(2,3)4/h8-10H,6-7H2,1-5H3,(H,17,19). The molecule has 1 aromatic carbocycles. The van der Waals surface area contributed by atoms with Crippen LogP contribution in [0.5, 0.6) is 5.75 Å². The van der Waals surface area contributed by atoms with Crippen molar-refractivity contribution < 1.29 is 19.1 Å². The fourth-order valence-corrected chi connectivity index (χ4v) is 1.89. The predicted molar refractivity (Wildman–Crippen MR) is 81.1 cm³/mol. The number of hydrogen-bond donors (Lipinski definition) is 1. The van der Waals surface area contributed by atoms with E-state index in [9.17, 15) is 9.59 Å². The highest BCUT2D eigenvalue weighted by atomic mass is 16.6. The number of alkyl carbamates (subject to hydrolysis) is 1. The predicted octanol–water partition coefficient (Wildman–Crippen LogP) is 2.88. The smallest absolute Gasteiger partial charge is 0.407 e. The number of rotatable bonds is 5. The minimum Gasteiger partial charge on any atom is -0.496 e. The second-order valence-electron chi connectivity index (χ2n) is 5.82. The maximum atomic E-state index is 11.6. The molecule has 0 atom stereocenters. The number of aldehydes is 1. The van der Waals surface area contributed by atoms with E-state index in [1.165, 1.54) is 0 Å². The Bertz CT molecular complexity index is 518. The van der Waals surface area contributed by atoms with Crippen LogP contribution >= 0.6 is 0 Å². The highest BCUT2D eigenvalue weighted by Gasteiger charge is 2.16. The molecule has 0 aromatic heterocycles. The first-order valence-electron chi connectivity index (χ1n) is 6.86. The maximum Gasteiger partial charge on any atom is 0.407 e. The Labute approximate surface area is 125 Å². The highest BCUT2D eigenvalue weighted by Crippen LogP contribution is 2.23. The zero-order valence-corrected chi connectivity index (χ0v) is 13.3. The molecule has 0 saturated carbocycles. The Hall–Kier alpha value is -2.04. The average molecular weight is 293 g/mol. The van der Waals surface area contributed by atoms with Crippen LogP contribution in [0.15, 0.2) is 12.1 Å². The fraction of sp³-hybridized carbons (Fsp3) is 0.500. The van der Waals surface area contributed by atoms with E-state index in [-0.39, 0.29) is 0 Å². The van der Waals surface area contributed by atoms with Gasteiger partial charge in [-0.15, -0.1) is 0 Å². The number of methoxy groups -OCH3 is 1. The Balaban J connectivity index is 2.65. The molecule has 0 spiro atoms. The first-order valence-corrected chi connectivity index (χ1v) is 6.86. The minimum atomic E-state index is -0.510. The van der Waals surface area contributed by atoms with Gasteiger partial charge in [-0.3, -0.25) is 4.79 Å². The van der Waals surface area contributed by atoms with Crippen LogP contribution < -0.4 is 10.1 Å². The number of ether oxygens (including phenoxy) is 2. The number of carbonyl (C=O) groups is 2. The molecule has 0 aliphatic carbocycles.